The topological polar surface area (TPSA) is 58.6 Å². The predicted molar refractivity (Wildman–Crippen MR) is 78.4 cm³/mol. The van der Waals surface area contributed by atoms with Gasteiger partial charge >= 0.3 is 12.1 Å². The number of carbonyl (C=O) groups is 1. The van der Waals surface area contributed by atoms with E-state index in [1.165, 1.54) is 18.9 Å². The molecule has 0 aromatic heterocycles. The van der Waals surface area contributed by atoms with E-state index in [1.807, 2.05) is 6.07 Å². The zero-order valence-electron chi connectivity index (χ0n) is 13.1. The Bertz CT molecular complexity index is 591. The van der Waals surface area contributed by atoms with Crippen LogP contribution in [-0.2, 0) is 11.2 Å². The SMILES string of the molecule is COc1cccc(F)c1CC1CC2(CNC2)C1.O=C(O)C(F)(F)F. The Morgan fingerprint density at radius 3 is 2.38 bits per heavy atom. The van der Waals surface area contributed by atoms with Crippen LogP contribution in [0.3, 0.4) is 0 Å². The van der Waals surface area contributed by atoms with E-state index in [-0.39, 0.29) is 5.82 Å². The Morgan fingerprint density at radius 2 is 1.96 bits per heavy atom. The van der Waals surface area contributed by atoms with Gasteiger partial charge in [0.15, 0.2) is 0 Å². The van der Waals surface area contributed by atoms with Gasteiger partial charge in [0.1, 0.15) is 11.6 Å². The Hall–Kier alpha value is -1.83. The number of benzene rings is 1. The molecule has 0 unspecified atom stereocenters. The van der Waals surface area contributed by atoms with Gasteiger partial charge in [-0.1, -0.05) is 6.07 Å². The summed E-state index contributed by atoms with van der Waals surface area (Å²) < 4.78 is 50.7. The molecule has 0 amide bonds. The lowest BCUT2D eigenvalue weighted by Crippen LogP contribution is -2.60. The lowest BCUT2D eigenvalue weighted by Gasteiger charge is -2.54. The summed E-state index contributed by atoms with van der Waals surface area (Å²) in [5, 5.41) is 10.4. The second-order valence-electron chi connectivity index (χ2n) is 6.31. The monoisotopic (exact) mass is 349 g/mol. The number of nitrogens with one attached hydrogen (secondary N) is 1. The van der Waals surface area contributed by atoms with Crippen LogP contribution >= 0.6 is 0 Å². The van der Waals surface area contributed by atoms with Crippen molar-refractivity contribution in [1.29, 1.82) is 0 Å². The van der Waals surface area contributed by atoms with Crippen LogP contribution in [0.25, 0.3) is 0 Å². The fraction of sp³-hybridized carbons (Fsp3) is 0.562. The number of methoxy groups -OCH3 is 1. The highest BCUT2D eigenvalue weighted by Gasteiger charge is 2.48. The first-order chi connectivity index (χ1) is 11.2. The summed E-state index contributed by atoms with van der Waals surface area (Å²) in [5.74, 6) is -1.56. The molecule has 0 bridgehead atoms. The molecule has 1 aliphatic heterocycles. The first kappa shape index (κ1) is 18.5. The summed E-state index contributed by atoms with van der Waals surface area (Å²) in [7, 11) is 1.61. The number of aliphatic carboxylic acids is 1. The minimum atomic E-state index is -5.08. The van der Waals surface area contributed by atoms with E-state index in [2.05, 4.69) is 5.32 Å². The molecule has 1 aromatic carbocycles. The molecule has 8 heteroatoms. The molecule has 134 valence electrons. The summed E-state index contributed by atoms with van der Waals surface area (Å²) in [5.41, 5.74) is 1.31. The maximum atomic E-state index is 13.8. The van der Waals surface area contributed by atoms with E-state index in [0.717, 1.165) is 25.1 Å². The number of hydrogen-bond donors (Lipinski definition) is 2. The standard InChI is InChI=1S/C14H18FNO.C2HF3O2/c1-17-13-4-2-3-12(15)11(13)5-10-6-14(7-10)8-16-9-14;3-2(4,5)1(6)7/h2-4,10,16H,5-9H2,1H3;(H,6,7). The van der Waals surface area contributed by atoms with Crippen molar-refractivity contribution in [3.05, 3.63) is 29.6 Å². The Balaban J connectivity index is 0.000000256. The second-order valence-corrected chi connectivity index (χ2v) is 6.31. The van der Waals surface area contributed by atoms with Crippen LogP contribution in [0.4, 0.5) is 17.6 Å². The van der Waals surface area contributed by atoms with Gasteiger partial charge < -0.3 is 15.2 Å². The Labute approximate surface area is 136 Å². The van der Waals surface area contributed by atoms with Gasteiger partial charge in [-0.25, -0.2) is 9.18 Å². The van der Waals surface area contributed by atoms with Crippen molar-refractivity contribution in [3.63, 3.8) is 0 Å². The minimum Gasteiger partial charge on any atom is -0.496 e. The van der Waals surface area contributed by atoms with Crippen molar-refractivity contribution in [2.24, 2.45) is 11.3 Å². The normalized spacial score (nSPS) is 18.9. The van der Waals surface area contributed by atoms with Gasteiger partial charge in [-0.3, -0.25) is 0 Å². The van der Waals surface area contributed by atoms with Crippen molar-refractivity contribution in [2.75, 3.05) is 20.2 Å². The summed E-state index contributed by atoms with van der Waals surface area (Å²) in [4.78, 5) is 8.90. The van der Waals surface area contributed by atoms with Gasteiger partial charge in [-0.2, -0.15) is 13.2 Å². The highest BCUT2D eigenvalue weighted by Crippen LogP contribution is 2.50. The highest BCUT2D eigenvalue weighted by molar-refractivity contribution is 5.73. The van der Waals surface area contributed by atoms with Crippen molar-refractivity contribution >= 4 is 5.97 Å². The van der Waals surface area contributed by atoms with Crippen LogP contribution in [0.15, 0.2) is 18.2 Å². The summed E-state index contributed by atoms with van der Waals surface area (Å²) in [6, 6.07) is 5.07. The quantitative estimate of drug-likeness (QED) is 0.824. The van der Waals surface area contributed by atoms with Crippen LogP contribution < -0.4 is 10.1 Å². The van der Waals surface area contributed by atoms with Crippen molar-refractivity contribution in [3.8, 4) is 5.75 Å². The molecule has 1 spiro atoms. The van der Waals surface area contributed by atoms with Crippen LogP contribution in [0.2, 0.25) is 0 Å². The van der Waals surface area contributed by atoms with Gasteiger partial charge in [0.05, 0.1) is 7.11 Å². The van der Waals surface area contributed by atoms with Gasteiger partial charge in [-0.05, 0) is 42.7 Å². The number of halogens is 4. The molecule has 2 fully saturated rings. The molecular formula is C16H19F4NO3. The summed E-state index contributed by atoms with van der Waals surface area (Å²) in [6.45, 7) is 2.30. The third kappa shape index (κ3) is 4.17. The van der Waals surface area contributed by atoms with E-state index >= 15 is 0 Å². The number of alkyl halides is 3. The van der Waals surface area contributed by atoms with Gasteiger partial charge in [0, 0.05) is 18.7 Å². The maximum Gasteiger partial charge on any atom is 0.490 e. The van der Waals surface area contributed by atoms with E-state index in [9.17, 15) is 17.6 Å². The lowest BCUT2D eigenvalue weighted by molar-refractivity contribution is -0.192. The van der Waals surface area contributed by atoms with Crippen molar-refractivity contribution in [2.45, 2.75) is 25.4 Å². The molecule has 2 aliphatic rings. The number of rotatable bonds is 3. The lowest BCUT2D eigenvalue weighted by atomic mass is 9.57. The van der Waals surface area contributed by atoms with E-state index in [0.29, 0.717) is 17.1 Å². The predicted octanol–water partition coefficient (Wildman–Crippen LogP) is 3.01. The van der Waals surface area contributed by atoms with E-state index < -0.39 is 12.1 Å². The molecule has 1 heterocycles. The van der Waals surface area contributed by atoms with Crippen LogP contribution in [-0.4, -0.2) is 37.5 Å². The van der Waals surface area contributed by atoms with Gasteiger partial charge in [0.2, 0.25) is 0 Å². The first-order valence-electron chi connectivity index (χ1n) is 7.49. The smallest absolute Gasteiger partial charge is 0.490 e. The molecule has 0 radical (unpaired) electrons. The Kier molecular flexibility index (Phi) is 5.37. The highest BCUT2D eigenvalue weighted by atomic mass is 19.4. The fourth-order valence-corrected chi connectivity index (χ4v) is 3.29. The first-order valence-corrected chi connectivity index (χ1v) is 7.49. The molecule has 1 saturated carbocycles. The molecular weight excluding hydrogens is 330 g/mol. The van der Waals surface area contributed by atoms with Crippen LogP contribution in [0.5, 0.6) is 5.75 Å². The maximum absolute atomic E-state index is 13.8. The molecule has 1 aromatic rings. The minimum absolute atomic E-state index is 0.128. The van der Waals surface area contributed by atoms with Crippen molar-refractivity contribution in [1.82, 2.24) is 5.32 Å². The molecule has 24 heavy (non-hydrogen) atoms. The second kappa shape index (κ2) is 6.96. The third-order valence-electron chi connectivity index (χ3n) is 4.47. The third-order valence-corrected chi connectivity index (χ3v) is 4.47. The average Bonchev–Trinajstić information content (AvgIpc) is 2.41. The molecule has 1 aliphatic carbocycles. The van der Waals surface area contributed by atoms with E-state index in [1.54, 1.807) is 13.2 Å². The van der Waals surface area contributed by atoms with E-state index in [4.69, 9.17) is 14.6 Å². The molecule has 1 saturated heterocycles. The Morgan fingerprint density at radius 1 is 1.38 bits per heavy atom. The molecule has 3 rings (SSSR count). The summed E-state index contributed by atoms with van der Waals surface area (Å²) >= 11 is 0. The zero-order valence-corrected chi connectivity index (χ0v) is 13.1. The number of carboxylic acids is 1. The van der Waals surface area contributed by atoms with Gasteiger partial charge in [0.25, 0.3) is 0 Å². The van der Waals surface area contributed by atoms with Crippen molar-refractivity contribution < 1.29 is 32.2 Å². The van der Waals surface area contributed by atoms with Crippen LogP contribution in [0.1, 0.15) is 18.4 Å². The van der Waals surface area contributed by atoms with Crippen LogP contribution in [0, 0.1) is 17.2 Å². The van der Waals surface area contributed by atoms with Gasteiger partial charge in [-0.15, -0.1) is 0 Å². The largest absolute Gasteiger partial charge is 0.496 e. The summed E-state index contributed by atoms with van der Waals surface area (Å²) in [6.07, 6.45) is -1.80. The molecule has 0 atom stereocenters. The molecule has 4 nitrogen and oxygen atoms in total. The number of carboxylic acid groups (broad SMARTS) is 1. The molecule has 2 N–H and O–H groups in total. The zero-order chi connectivity index (χ0) is 18.0. The fourth-order valence-electron chi connectivity index (χ4n) is 3.29. The average molecular weight is 349 g/mol. The number of ether oxygens (including phenoxy) is 1. The number of hydrogen-bond acceptors (Lipinski definition) is 3.